The van der Waals surface area contributed by atoms with Crippen LogP contribution in [0, 0.1) is 5.92 Å². The van der Waals surface area contributed by atoms with Gasteiger partial charge in [-0.3, -0.25) is 4.79 Å². The van der Waals surface area contributed by atoms with Gasteiger partial charge < -0.3 is 19.4 Å². The predicted molar refractivity (Wildman–Crippen MR) is 159 cm³/mol. The fourth-order valence-corrected chi connectivity index (χ4v) is 11.1. The van der Waals surface area contributed by atoms with Gasteiger partial charge in [-0.1, -0.05) is 88.4 Å². The molecule has 2 amide bonds. The number of hydrogen-bond acceptors (Lipinski definition) is 4. The van der Waals surface area contributed by atoms with E-state index < -0.39 is 26.1 Å². The van der Waals surface area contributed by atoms with Gasteiger partial charge in [0.25, 0.3) is 8.32 Å². The zero-order chi connectivity index (χ0) is 28.4. The molecule has 2 aliphatic rings. The largest absolute Gasteiger partial charge is 0.444 e. The van der Waals surface area contributed by atoms with Crippen LogP contribution in [0.2, 0.25) is 5.04 Å². The molecule has 4 atom stereocenters. The van der Waals surface area contributed by atoms with Gasteiger partial charge in [-0.05, 0) is 67.8 Å². The number of amides is 2. The minimum absolute atomic E-state index is 0.0142. The Morgan fingerprint density at radius 2 is 1.46 bits per heavy atom. The van der Waals surface area contributed by atoms with E-state index in [1.807, 2.05) is 32.9 Å². The van der Waals surface area contributed by atoms with Crippen molar-refractivity contribution in [3.05, 3.63) is 60.7 Å². The molecule has 0 aromatic heterocycles. The summed E-state index contributed by atoms with van der Waals surface area (Å²) in [5.74, 6) is 0.403. The topological polar surface area (TPSA) is 67.9 Å². The molecule has 212 valence electrons. The third kappa shape index (κ3) is 6.25. The van der Waals surface area contributed by atoms with Crippen LogP contribution in [0.5, 0.6) is 0 Å². The number of nitrogens with zero attached hydrogens (tertiary/aromatic N) is 1. The lowest BCUT2D eigenvalue weighted by molar-refractivity contribution is -0.148. The molecule has 2 fully saturated rings. The molecule has 0 saturated carbocycles. The Bertz CT molecular complexity index is 1090. The number of piperidine rings is 2. The molecule has 39 heavy (non-hydrogen) atoms. The monoisotopic (exact) mass is 550 g/mol. The number of benzene rings is 2. The highest BCUT2D eigenvalue weighted by Crippen LogP contribution is 2.39. The van der Waals surface area contributed by atoms with Gasteiger partial charge in [0.05, 0.1) is 12.6 Å². The Morgan fingerprint density at radius 3 is 1.97 bits per heavy atom. The Hall–Kier alpha value is -2.64. The minimum Gasteiger partial charge on any atom is -0.444 e. The molecule has 4 rings (SSSR count). The highest BCUT2D eigenvalue weighted by molar-refractivity contribution is 6.99. The van der Waals surface area contributed by atoms with Crippen LogP contribution in [-0.2, 0) is 14.0 Å². The van der Waals surface area contributed by atoms with Crippen LogP contribution >= 0.6 is 0 Å². The van der Waals surface area contributed by atoms with Crippen molar-refractivity contribution < 1.29 is 18.8 Å². The van der Waals surface area contributed by atoms with E-state index in [0.717, 1.165) is 19.3 Å². The Kier molecular flexibility index (Phi) is 8.62. The summed E-state index contributed by atoms with van der Waals surface area (Å²) in [6.45, 7) is 15.0. The number of carbonyl (C=O) groups excluding carboxylic acids is 2. The summed E-state index contributed by atoms with van der Waals surface area (Å²) in [6, 6.07) is 20.8. The SMILES string of the molecule is C[C@H]1CC[C@@H](CO[Si](c2ccccc2)(c2ccccc2)C(C)(C)C)N2C(=O)[C@@H](NC(=O)OC(C)(C)C)CC[C@@H]12. The summed E-state index contributed by atoms with van der Waals surface area (Å²) >= 11 is 0. The third-order valence-corrected chi connectivity index (χ3v) is 13.3. The Balaban J connectivity index is 1.63. The summed E-state index contributed by atoms with van der Waals surface area (Å²) in [6.07, 6.45) is 2.91. The summed E-state index contributed by atoms with van der Waals surface area (Å²) in [5.41, 5.74) is -0.615. The smallest absolute Gasteiger partial charge is 0.408 e. The highest BCUT2D eigenvalue weighted by atomic mass is 28.4. The quantitative estimate of drug-likeness (QED) is 0.499. The Morgan fingerprint density at radius 1 is 0.897 bits per heavy atom. The maximum atomic E-state index is 13.9. The van der Waals surface area contributed by atoms with Crippen LogP contribution in [0.15, 0.2) is 60.7 Å². The van der Waals surface area contributed by atoms with Gasteiger partial charge in [0.1, 0.15) is 11.6 Å². The van der Waals surface area contributed by atoms with Crippen molar-refractivity contribution in [3.63, 3.8) is 0 Å². The molecule has 7 heteroatoms. The van der Waals surface area contributed by atoms with E-state index in [4.69, 9.17) is 9.16 Å². The maximum Gasteiger partial charge on any atom is 0.408 e. The number of alkyl carbamates (subject to hydrolysis) is 1. The molecule has 6 nitrogen and oxygen atoms in total. The Labute approximate surface area is 235 Å². The van der Waals surface area contributed by atoms with Gasteiger partial charge in [0.2, 0.25) is 5.91 Å². The third-order valence-electron chi connectivity index (χ3n) is 8.27. The molecule has 1 N–H and O–H groups in total. The van der Waals surface area contributed by atoms with Gasteiger partial charge in [-0.25, -0.2) is 4.79 Å². The second-order valence-electron chi connectivity index (χ2n) is 13.3. The van der Waals surface area contributed by atoms with Gasteiger partial charge in [0, 0.05) is 6.04 Å². The molecule has 2 aromatic rings. The van der Waals surface area contributed by atoms with Crippen molar-refractivity contribution in [3.8, 4) is 0 Å². The van der Waals surface area contributed by atoms with Crippen molar-refractivity contribution in [1.29, 1.82) is 0 Å². The van der Waals surface area contributed by atoms with E-state index in [9.17, 15) is 9.59 Å². The molecule has 2 saturated heterocycles. The summed E-state index contributed by atoms with van der Waals surface area (Å²) < 4.78 is 12.7. The molecule has 0 bridgehead atoms. The maximum absolute atomic E-state index is 13.9. The molecule has 0 spiro atoms. The first-order valence-corrected chi connectivity index (χ1v) is 16.3. The number of fused-ring (bicyclic) bond motifs is 1. The molecule has 0 aliphatic carbocycles. The first kappa shape index (κ1) is 29.3. The van der Waals surface area contributed by atoms with E-state index >= 15 is 0 Å². The van der Waals surface area contributed by atoms with Crippen LogP contribution in [0.1, 0.15) is 74.1 Å². The molecule has 2 heterocycles. The normalized spacial score (nSPS) is 24.2. The second-order valence-corrected chi connectivity index (χ2v) is 17.6. The van der Waals surface area contributed by atoms with Crippen LogP contribution < -0.4 is 15.7 Å². The van der Waals surface area contributed by atoms with Crippen molar-refractivity contribution >= 4 is 30.7 Å². The molecular formula is C32H46N2O4Si. The summed E-state index contributed by atoms with van der Waals surface area (Å²) in [7, 11) is -2.73. The predicted octanol–water partition coefficient (Wildman–Crippen LogP) is 5.25. The zero-order valence-electron chi connectivity index (χ0n) is 24.7. The number of nitrogens with one attached hydrogen (secondary N) is 1. The number of carbonyl (C=O) groups is 2. The molecular weight excluding hydrogens is 504 g/mol. The second kappa shape index (κ2) is 11.5. The zero-order valence-corrected chi connectivity index (χ0v) is 25.7. The average Bonchev–Trinajstić information content (AvgIpc) is 2.86. The van der Waals surface area contributed by atoms with E-state index in [1.165, 1.54) is 10.4 Å². The van der Waals surface area contributed by atoms with E-state index in [0.29, 0.717) is 18.9 Å². The van der Waals surface area contributed by atoms with Crippen molar-refractivity contribution in [2.75, 3.05) is 6.61 Å². The average molecular weight is 551 g/mol. The van der Waals surface area contributed by atoms with Gasteiger partial charge in [0.15, 0.2) is 0 Å². The first-order chi connectivity index (χ1) is 18.3. The lowest BCUT2D eigenvalue weighted by Gasteiger charge is -2.51. The van der Waals surface area contributed by atoms with Gasteiger partial charge >= 0.3 is 6.09 Å². The fourth-order valence-electron chi connectivity index (χ4n) is 6.47. The summed E-state index contributed by atoms with van der Waals surface area (Å²) in [5, 5.41) is 5.19. The minimum atomic E-state index is -2.73. The number of hydrogen-bond donors (Lipinski definition) is 1. The standard InChI is InChI=1S/C32H46N2O4Si/c1-23-18-19-24(34-28(23)21-20-27(29(34)35)33-30(36)38-31(2,3)4)22-37-39(32(5,6)7,25-14-10-8-11-15-25)26-16-12-9-13-17-26/h8-17,23-24,27-28H,18-22H2,1-7H3,(H,33,36)/t23-,24-,27-,28-/m0/s1. The van der Waals surface area contributed by atoms with Crippen LogP contribution in [0.4, 0.5) is 4.79 Å². The molecule has 2 aromatic carbocycles. The fraction of sp³-hybridized carbons (Fsp3) is 0.562. The van der Waals surface area contributed by atoms with Gasteiger partial charge in [-0.15, -0.1) is 0 Å². The lowest BCUT2D eigenvalue weighted by atomic mass is 9.80. The number of ether oxygens (including phenoxy) is 1. The van der Waals surface area contributed by atoms with Crippen LogP contribution in [0.3, 0.4) is 0 Å². The first-order valence-electron chi connectivity index (χ1n) is 14.4. The van der Waals surface area contributed by atoms with E-state index in [-0.39, 0.29) is 23.0 Å². The summed E-state index contributed by atoms with van der Waals surface area (Å²) in [4.78, 5) is 28.5. The van der Waals surface area contributed by atoms with Crippen LogP contribution in [0.25, 0.3) is 0 Å². The van der Waals surface area contributed by atoms with E-state index in [1.54, 1.807) is 0 Å². The molecule has 0 radical (unpaired) electrons. The lowest BCUT2D eigenvalue weighted by Crippen LogP contribution is -2.69. The van der Waals surface area contributed by atoms with Crippen molar-refractivity contribution in [1.82, 2.24) is 10.2 Å². The van der Waals surface area contributed by atoms with E-state index in [2.05, 4.69) is 86.4 Å². The van der Waals surface area contributed by atoms with Crippen LogP contribution in [-0.4, -0.2) is 55.6 Å². The highest BCUT2D eigenvalue weighted by Gasteiger charge is 2.52. The molecule has 2 aliphatic heterocycles. The van der Waals surface area contributed by atoms with Crippen molar-refractivity contribution in [2.24, 2.45) is 5.92 Å². The molecule has 0 unspecified atom stereocenters. The number of rotatable bonds is 6. The van der Waals surface area contributed by atoms with Crippen molar-refractivity contribution in [2.45, 2.75) is 103 Å². The van der Waals surface area contributed by atoms with Gasteiger partial charge in [-0.2, -0.15) is 0 Å².